The molecule has 0 aliphatic heterocycles. The van der Waals surface area contributed by atoms with Gasteiger partial charge in [-0.1, -0.05) is 41.6 Å². The second-order valence-electron chi connectivity index (χ2n) is 3.82. The van der Waals surface area contributed by atoms with E-state index in [2.05, 4.69) is 16.1 Å². The van der Waals surface area contributed by atoms with Gasteiger partial charge in [-0.2, -0.15) is 0 Å². The summed E-state index contributed by atoms with van der Waals surface area (Å²) in [4.78, 5) is 15.3. The van der Waals surface area contributed by atoms with E-state index < -0.39 is 5.97 Å². The Morgan fingerprint density at radius 3 is 2.47 bits per heavy atom. The highest BCUT2D eigenvalue weighted by molar-refractivity contribution is 6.01. The van der Waals surface area contributed by atoms with Gasteiger partial charge in [-0.3, -0.25) is 0 Å². The maximum atomic E-state index is 10.7. The summed E-state index contributed by atoms with van der Waals surface area (Å²) >= 11 is 0. The van der Waals surface area contributed by atoms with Gasteiger partial charge in [0.05, 0.1) is 5.71 Å². The lowest BCUT2D eigenvalue weighted by Gasteiger charge is -2.02. The molecule has 0 bridgehead atoms. The highest BCUT2D eigenvalue weighted by atomic mass is 16.7. The van der Waals surface area contributed by atoms with Crippen molar-refractivity contribution in [2.75, 3.05) is 0 Å². The topological polar surface area (TPSA) is 38.7 Å². The van der Waals surface area contributed by atoms with E-state index in [1.807, 2.05) is 43.3 Å². The molecule has 2 aromatic rings. The van der Waals surface area contributed by atoms with Crippen molar-refractivity contribution in [2.45, 2.75) is 13.8 Å². The van der Waals surface area contributed by atoms with Crippen LogP contribution >= 0.6 is 0 Å². The fourth-order valence-corrected chi connectivity index (χ4v) is 1.60. The Morgan fingerprint density at radius 1 is 1.06 bits per heavy atom. The smallest absolute Gasteiger partial charge is 0.318 e. The van der Waals surface area contributed by atoms with Gasteiger partial charge in [0.2, 0.25) is 0 Å². The molecule has 0 saturated carbocycles. The van der Waals surface area contributed by atoms with Gasteiger partial charge < -0.3 is 4.84 Å². The molecule has 0 saturated heterocycles. The largest absolute Gasteiger partial charge is 0.331 e. The number of carbonyl (C=O) groups is 1. The van der Waals surface area contributed by atoms with E-state index in [0.29, 0.717) is 5.71 Å². The predicted molar refractivity (Wildman–Crippen MR) is 67.9 cm³/mol. The molecule has 0 heterocycles. The Bertz CT molecular complexity index is 588. The summed E-state index contributed by atoms with van der Waals surface area (Å²) in [6.45, 7) is 3.14. The first-order chi connectivity index (χ1) is 8.16. The third kappa shape index (κ3) is 2.69. The van der Waals surface area contributed by atoms with Gasteiger partial charge in [-0.05, 0) is 29.3 Å². The van der Waals surface area contributed by atoms with Crippen LogP contribution in [0.2, 0.25) is 0 Å². The van der Waals surface area contributed by atoms with E-state index in [4.69, 9.17) is 0 Å². The highest BCUT2D eigenvalue weighted by Crippen LogP contribution is 2.16. The minimum atomic E-state index is -0.412. The molecular formula is C14H13NO2. The van der Waals surface area contributed by atoms with Crippen LogP contribution in [0.25, 0.3) is 10.8 Å². The van der Waals surface area contributed by atoms with E-state index >= 15 is 0 Å². The Morgan fingerprint density at radius 2 is 1.76 bits per heavy atom. The lowest BCUT2D eigenvalue weighted by molar-refractivity contribution is -0.140. The Hall–Kier alpha value is -2.16. The van der Waals surface area contributed by atoms with Crippen molar-refractivity contribution in [3.63, 3.8) is 0 Å². The fraction of sp³-hybridized carbons (Fsp3) is 0.143. The predicted octanol–water partition coefficient (Wildman–Crippen LogP) is 3.13. The van der Waals surface area contributed by atoms with Crippen LogP contribution in [0.5, 0.6) is 0 Å². The van der Waals surface area contributed by atoms with Gasteiger partial charge in [0.15, 0.2) is 0 Å². The van der Waals surface area contributed by atoms with Crippen LogP contribution in [-0.4, -0.2) is 11.7 Å². The average molecular weight is 227 g/mol. The third-order valence-corrected chi connectivity index (χ3v) is 2.48. The molecule has 0 radical (unpaired) electrons. The minimum Gasteiger partial charge on any atom is -0.318 e. The van der Waals surface area contributed by atoms with Crippen molar-refractivity contribution in [3.8, 4) is 0 Å². The van der Waals surface area contributed by atoms with Gasteiger partial charge in [0, 0.05) is 6.92 Å². The Balaban J connectivity index is 2.36. The minimum absolute atomic E-state index is 0.412. The first-order valence-corrected chi connectivity index (χ1v) is 5.38. The standard InChI is InChI=1S/C14H13NO2/c1-10(15-17-11(2)16)13-8-7-12-5-3-4-6-14(12)9-13/h3-9H,1-2H3/b15-10+. The average Bonchev–Trinajstić information content (AvgIpc) is 2.35. The first-order valence-electron chi connectivity index (χ1n) is 5.38. The Labute approximate surface area is 99.7 Å². The maximum Gasteiger partial charge on any atom is 0.331 e. The van der Waals surface area contributed by atoms with Crippen LogP contribution in [0.4, 0.5) is 0 Å². The van der Waals surface area contributed by atoms with Gasteiger partial charge in [-0.25, -0.2) is 4.79 Å². The van der Waals surface area contributed by atoms with Crippen LogP contribution in [0.15, 0.2) is 47.6 Å². The van der Waals surface area contributed by atoms with Gasteiger partial charge >= 0.3 is 5.97 Å². The van der Waals surface area contributed by atoms with Crippen LogP contribution < -0.4 is 0 Å². The van der Waals surface area contributed by atoms with Crippen molar-refractivity contribution >= 4 is 22.5 Å². The summed E-state index contributed by atoms with van der Waals surface area (Å²) in [6.07, 6.45) is 0. The number of nitrogens with zero attached hydrogens (tertiary/aromatic N) is 1. The molecule has 0 fully saturated rings. The van der Waals surface area contributed by atoms with Crippen molar-refractivity contribution in [1.82, 2.24) is 0 Å². The fourth-order valence-electron chi connectivity index (χ4n) is 1.60. The maximum absolute atomic E-state index is 10.7. The number of oxime groups is 1. The van der Waals surface area contributed by atoms with Crippen molar-refractivity contribution < 1.29 is 9.63 Å². The number of carbonyl (C=O) groups excluding carboxylic acids is 1. The number of benzene rings is 2. The van der Waals surface area contributed by atoms with Crippen molar-refractivity contribution in [3.05, 3.63) is 48.0 Å². The molecule has 0 aliphatic carbocycles. The van der Waals surface area contributed by atoms with E-state index in [9.17, 15) is 4.79 Å². The molecule has 2 rings (SSSR count). The number of fused-ring (bicyclic) bond motifs is 1. The van der Waals surface area contributed by atoms with Crippen LogP contribution in [-0.2, 0) is 9.63 Å². The summed E-state index contributed by atoms with van der Waals surface area (Å²) < 4.78 is 0. The molecule has 17 heavy (non-hydrogen) atoms. The molecule has 0 atom stereocenters. The molecule has 3 heteroatoms. The third-order valence-electron chi connectivity index (χ3n) is 2.48. The summed E-state index contributed by atoms with van der Waals surface area (Å²) in [5.41, 5.74) is 1.64. The van der Waals surface area contributed by atoms with E-state index in [0.717, 1.165) is 10.9 Å². The zero-order valence-electron chi connectivity index (χ0n) is 9.81. The lowest BCUT2D eigenvalue weighted by Crippen LogP contribution is -1.99. The summed E-state index contributed by atoms with van der Waals surface area (Å²) in [6, 6.07) is 14.1. The van der Waals surface area contributed by atoms with E-state index in [1.165, 1.54) is 12.3 Å². The number of hydrogen-bond donors (Lipinski definition) is 0. The SMILES string of the molecule is CC(=O)O/N=C(\C)c1ccc2ccccc2c1. The second-order valence-corrected chi connectivity index (χ2v) is 3.82. The van der Waals surface area contributed by atoms with Gasteiger partial charge in [0.1, 0.15) is 0 Å². The summed E-state index contributed by atoms with van der Waals surface area (Å²) in [5, 5.41) is 6.09. The first kappa shape index (κ1) is 11.3. The van der Waals surface area contributed by atoms with E-state index in [-0.39, 0.29) is 0 Å². The van der Waals surface area contributed by atoms with Crippen LogP contribution in [0.1, 0.15) is 19.4 Å². The molecule has 2 aromatic carbocycles. The summed E-state index contributed by atoms with van der Waals surface area (Å²) in [5.74, 6) is -0.412. The van der Waals surface area contributed by atoms with Crippen molar-refractivity contribution in [1.29, 1.82) is 0 Å². The number of rotatable bonds is 2. The normalized spacial score (nSPS) is 11.5. The zero-order valence-corrected chi connectivity index (χ0v) is 9.81. The molecule has 0 amide bonds. The molecule has 0 spiro atoms. The van der Waals surface area contributed by atoms with Crippen LogP contribution in [0, 0.1) is 0 Å². The quantitative estimate of drug-likeness (QED) is 0.449. The van der Waals surface area contributed by atoms with E-state index in [1.54, 1.807) is 0 Å². The van der Waals surface area contributed by atoms with Crippen LogP contribution in [0.3, 0.4) is 0 Å². The Kier molecular flexibility index (Phi) is 3.19. The molecule has 0 aliphatic rings. The zero-order chi connectivity index (χ0) is 12.3. The molecule has 0 unspecified atom stereocenters. The highest BCUT2D eigenvalue weighted by Gasteiger charge is 2.00. The number of hydrogen-bond acceptors (Lipinski definition) is 3. The molecule has 3 nitrogen and oxygen atoms in total. The molecule has 86 valence electrons. The van der Waals surface area contributed by atoms with Gasteiger partial charge in [-0.15, -0.1) is 0 Å². The van der Waals surface area contributed by atoms with Gasteiger partial charge in [0.25, 0.3) is 0 Å². The summed E-state index contributed by atoms with van der Waals surface area (Å²) in [7, 11) is 0. The molecule has 0 aromatic heterocycles. The van der Waals surface area contributed by atoms with Crippen molar-refractivity contribution in [2.24, 2.45) is 5.16 Å². The second kappa shape index (κ2) is 4.78. The monoisotopic (exact) mass is 227 g/mol. The molecule has 0 N–H and O–H groups in total. The molecular weight excluding hydrogens is 214 g/mol. The lowest BCUT2D eigenvalue weighted by atomic mass is 10.0.